The van der Waals surface area contributed by atoms with Crippen LogP contribution in [0.2, 0.25) is 5.15 Å². The highest BCUT2D eigenvalue weighted by Crippen LogP contribution is 2.33. The minimum Gasteiger partial charge on any atom is -0.466 e. The number of hydrogen-bond donors (Lipinski definition) is 1. The second-order valence-electron chi connectivity index (χ2n) is 5.80. The lowest BCUT2D eigenvalue weighted by atomic mass is 10.0. The number of rotatable bonds is 5. The maximum absolute atomic E-state index is 12.1. The van der Waals surface area contributed by atoms with Gasteiger partial charge in [-0.05, 0) is 45.7 Å². The normalized spacial score (nSPS) is 11.9. The molecule has 2 aromatic rings. The molecule has 128 valence electrons. The van der Waals surface area contributed by atoms with E-state index in [1.165, 1.54) is 11.9 Å². The Labute approximate surface area is 147 Å². The molecule has 24 heavy (non-hydrogen) atoms. The van der Waals surface area contributed by atoms with Crippen LogP contribution in [0.4, 0.5) is 11.5 Å². The van der Waals surface area contributed by atoms with Crippen LogP contribution in [0.3, 0.4) is 0 Å². The fourth-order valence-corrected chi connectivity index (χ4v) is 3.03. The topological polar surface area (TPSA) is 64.1 Å². The van der Waals surface area contributed by atoms with Crippen molar-refractivity contribution >= 4 is 29.1 Å². The van der Waals surface area contributed by atoms with Crippen LogP contribution < -0.4 is 5.32 Å². The van der Waals surface area contributed by atoms with Gasteiger partial charge in [0.2, 0.25) is 0 Å². The SMILES string of the molecule is CCOC(=O)C(C)c1c(Cl)ncnc1Nc1c(C)cc(C)cc1C. The molecule has 6 heteroatoms. The molecule has 1 heterocycles. The van der Waals surface area contributed by atoms with Gasteiger partial charge in [0.25, 0.3) is 0 Å². The van der Waals surface area contributed by atoms with Crippen LogP contribution >= 0.6 is 11.6 Å². The number of benzene rings is 1. The predicted molar refractivity (Wildman–Crippen MR) is 96.0 cm³/mol. The zero-order chi connectivity index (χ0) is 17.9. The first kappa shape index (κ1) is 18.2. The van der Waals surface area contributed by atoms with Crippen molar-refractivity contribution in [1.29, 1.82) is 0 Å². The van der Waals surface area contributed by atoms with Crippen LogP contribution in [0.1, 0.15) is 42.0 Å². The van der Waals surface area contributed by atoms with Gasteiger partial charge in [-0.25, -0.2) is 9.97 Å². The quantitative estimate of drug-likeness (QED) is 0.638. The van der Waals surface area contributed by atoms with E-state index < -0.39 is 5.92 Å². The lowest BCUT2D eigenvalue weighted by molar-refractivity contribution is -0.144. The third-order valence-electron chi connectivity index (χ3n) is 3.83. The van der Waals surface area contributed by atoms with Gasteiger partial charge in [0.05, 0.1) is 12.5 Å². The number of anilines is 2. The molecule has 2 rings (SSSR count). The van der Waals surface area contributed by atoms with Crippen LogP contribution in [-0.2, 0) is 9.53 Å². The molecule has 0 saturated carbocycles. The minimum atomic E-state index is -0.563. The molecule has 1 N–H and O–H groups in total. The van der Waals surface area contributed by atoms with Gasteiger partial charge in [0, 0.05) is 11.3 Å². The average molecular weight is 348 g/mol. The molecular weight excluding hydrogens is 326 g/mol. The summed E-state index contributed by atoms with van der Waals surface area (Å²) in [5.41, 5.74) is 4.87. The van der Waals surface area contributed by atoms with E-state index >= 15 is 0 Å². The average Bonchev–Trinajstić information content (AvgIpc) is 2.50. The first-order valence-corrected chi connectivity index (χ1v) is 8.24. The first-order valence-electron chi connectivity index (χ1n) is 7.87. The van der Waals surface area contributed by atoms with Crippen molar-refractivity contribution in [2.24, 2.45) is 0 Å². The second kappa shape index (κ2) is 7.62. The number of aryl methyl sites for hydroxylation is 3. The highest BCUT2D eigenvalue weighted by molar-refractivity contribution is 6.30. The van der Waals surface area contributed by atoms with Gasteiger partial charge in [-0.3, -0.25) is 4.79 Å². The van der Waals surface area contributed by atoms with E-state index in [9.17, 15) is 4.79 Å². The third kappa shape index (κ3) is 3.85. The van der Waals surface area contributed by atoms with Gasteiger partial charge >= 0.3 is 5.97 Å². The largest absolute Gasteiger partial charge is 0.466 e. The first-order chi connectivity index (χ1) is 11.3. The van der Waals surface area contributed by atoms with Crippen molar-refractivity contribution in [3.8, 4) is 0 Å². The van der Waals surface area contributed by atoms with Crippen LogP contribution in [0.25, 0.3) is 0 Å². The summed E-state index contributed by atoms with van der Waals surface area (Å²) >= 11 is 6.24. The molecule has 1 unspecified atom stereocenters. The number of ether oxygens (including phenoxy) is 1. The molecule has 0 bridgehead atoms. The van der Waals surface area contributed by atoms with Gasteiger partial charge in [-0.2, -0.15) is 0 Å². The number of hydrogen-bond acceptors (Lipinski definition) is 5. The summed E-state index contributed by atoms with van der Waals surface area (Å²) < 4.78 is 5.10. The van der Waals surface area contributed by atoms with E-state index in [1.54, 1.807) is 13.8 Å². The summed E-state index contributed by atoms with van der Waals surface area (Å²) in [5, 5.41) is 3.56. The van der Waals surface area contributed by atoms with Crippen molar-refractivity contribution in [2.75, 3.05) is 11.9 Å². The van der Waals surface area contributed by atoms with Gasteiger partial charge in [-0.1, -0.05) is 29.3 Å². The van der Waals surface area contributed by atoms with Gasteiger partial charge in [-0.15, -0.1) is 0 Å². The molecule has 5 nitrogen and oxygen atoms in total. The highest BCUT2D eigenvalue weighted by Gasteiger charge is 2.25. The molecule has 0 amide bonds. The number of esters is 1. The molecule has 0 saturated heterocycles. The maximum atomic E-state index is 12.1. The highest BCUT2D eigenvalue weighted by atomic mass is 35.5. The van der Waals surface area contributed by atoms with E-state index in [2.05, 4.69) is 34.3 Å². The monoisotopic (exact) mass is 347 g/mol. The second-order valence-corrected chi connectivity index (χ2v) is 6.16. The summed E-state index contributed by atoms with van der Waals surface area (Å²) in [6, 6.07) is 4.18. The molecule has 1 aromatic heterocycles. The molecule has 0 aliphatic rings. The van der Waals surface area contributed by atoms with Gasteiger partial charge in [0.15, 0.2) is 0 Å². The summed E-state index contributed by atoms with van der Waals surface area (Å²) in [6.45, 7) is 9.93. The Morgan fingerprint density at radius 1 is 1.25 bits per heavy atom. The zero-order valence-corrected chi connectivity index (χ0v) is 15.4. The molecular formula is C18H22ClN3O2. The van der Waals surface area contributed by atoms with Crippen LogP contribution in [-0.4, -0.2) is 22.5 Å². The Morgan fingerprint density at radius 3 is 2.46 bits per heavy atom. The number of aromatic nitrogens is 2. The number of carbonyl (C=O) groups is 1. The maximum Gasteiger partial charge on any atom is 0.313 e. The number of halogens is 1. The van der Waals surface area contributed by atoms with E-state index in [4.69, 9.17) is 16.3 Å². The lowest BCUT2D eigenvalue weighted by Crippen LogP contribution is -2.16. The van der Waals surface area contributed by atoms with Crippen LogP contribution in [0, 0.1) is 20.8 Å². The molecule has 0 fully saturated rings. The van der Waals surface area contributed by atoms with Crippen molar-refractivity contribution in [3.63, 3.8) is 0 Å². The molecule has 0 aliphatic heterocycles. The Hall–Kier alpha value is -2.14. The summed E-state index contributed by atoms with van der Waals surface area (Å²) in [5.74, 6) is -0.396. The zero-order valence-electron chi connectivity index (χ0n) is 14.6. The van der Waals surface area contributed by atoms with Crippen LogP contribution in [0.15, 0.2) is 18.5 Å². The minimum absolute atomic E-state index is 0.246. The summed E-state index contributed by atoms with van der Waals surface area (Å²) in [4.78, 5) is 20.4. The Morgan fingerprint density at radius 2 is 1.88 bits per heavy atom. The molecule has 0 radical (unpaired) electrons. The van der Waals surface area contributed by atoms with Crippen LogP contribution in [0.5, 0.6) is 0 Å². The van der Waals surface area contributed by atoms with E-state index in [0.717, 1.165) is 16.8 Å². The number of carbonyl (C=O) groups excluding carboxylic acids is 1. The predicted octanol–water partition coefficient (Wildman–Crippen LogP) is 4.47. The summed E-state index contributed by atoms with van der Waals surface area (Å²) in [6.07, 6.45) is 1.38. The van der Waals surface area contributed by atoms with Crippen molar-refractivity contribution in [1.82, 2.24) is 9.97 Å². The molecule has 0 aliphatic carbocycles. The van der Waals surface area contributed by atoms with E-state index in [1.807, 2.05) is 13.8 Å². The van der Waals surface area contributed by atoms with Crippen molar-refractivity contribution in [2.45, 2.75) is 40.5 Å². The van der Waals surface area contributed by atoms with Crippen molar-refractivity contribution in [3.05, 3.63) is 45.9 Å². The van der Waals surface area contributed by atoms with Gasteiger partial charge < -0.3 is 10.1 Å². The van der Waals surface area contributed by atoms with Crippen molar-refractivity contribution < 1.29 is 9.53 Å². The molecule has 1 aromatic carbocycles. The molecule has 0 spiro atoms. The third-order valence-corrected chi connectivity index (χ3v) is 4.13. The fraction of sp³-hybridized carbons (Fsp3) is 0.389. The smallest absolute Gasteiger partial charge is 0.313 e. The standard InChI is InChI=1S/C18H22ClN3O2/c1-6-24-18(23)13(5)14-16(19)20-9-21-17(14)22-15-11(3)7-10(2)8-12(15)4/h7-9,13H,6H2,1-5H3,(H,20,21,22). The lowest BCUT2D eigenvalue weighted by Gasteiger charge is -2.19. The molecule has 1 atom stereocenters. The number of nitrogens with zero attached hydrogens (tertiary/aromatic N) is 2. The summed E-state index contributed by atoms with van der Waals surface area (Å²) in [7, 11) is 0. The van der Waals surface area contributed by atoms with E-state index in [-0.39, 0.29) is 11.1 Å². The van der Waals surface area contributed by atoms with E-state index in [0.29, 0.717) is 18.0 Å². The van der Waals surface area contributed by atoms with Gasteiger partial charge in [0.1, 0.15) is 17.3 Å². The number of nitrogens with one attached hydrogen (secondary N) is 1. The Bertz CT molecular complexity index is 739. The fourth-order valence-electron chi connectivity index (χ4n) is 2.74. The Balaban J connectivity index is 2.46. The Kier molecular flexibility index (Phi) is 5.78.